The topological polar surface area (TPSA) is 75.4 Å². The van der Waals surface area contributed by atoms with Gasteiger partial charge in [-0.2, -0.15) is 0 Å². The van der Waals surface area contributed by atoms with Crippen LogP contribution in [0.5, 0.6) is 0 Å². The van der Waals surface area contributed by atoms with Crippen LogP contribution >= 0.6 is 12.4 Å². The molecule has 3 N–H and O–H groups in total. The van der Waals surface area contributed by atoms with Gasteiger partial charge in [0.2, 0.25) is 11.8 Å². The van der Waals surface area contributed by atoms with Crippen LogP contribution in [0.3, 0.4) is 0 Å². The third-order valence-corrected chi connectivity index (χ3v) is 3.93. The fraction of sp³-hybridized carbons (Fsp3) is 0.467. The van der Waals surface area contributed by atoms with Gasteiger partial charge in [-0.1, -0.05) is 30.3 Å². The molecule has 1 saturated carbocycles. The Kier molecular flexibility index (Phi) is 4.85. The number of halogens is 1. The molecule has 1 heterocycles. The molecule has 0 bridgehead atoms. The molecule has 21 heavy (non-hydrogen) atoms. The zero-order valence-corrected chi connectivity index (χ0v) is 12.5. The maximum atomic E-state index is 12.1. The highest BCUT2D eigenvalue weighted by Gasteiger charge is 2.40. The van der Waals surface area contributed by atoms with E-state index in [9.17, 15) is 9.59 Å². The molecule has 0 aromatic heterocycles. The van der Waals surface area contributed by atoms with Crippen LogP contribution in [0.2, 0.25) is 0 Å². The number of benzene rings is 1. The minimum Gasteiger partial charge on any atom is -0.349 e. The van der Waals surface area contributed by atoms with Crippen molar-refractivity contribution in [3.8, 4) is 0 Å². The fourth-order valence-corrected chi connectivity index (χ4v) is 2.67. The van der Waals surface area contributed by atoms with Crippen molar-refractivity contribution >= 4 is 24.2 Å². The summed E-state index contributed by atoms with van der Waals surface area (Å²) in [5.41, 5.74) is 6.73. The minimum atomic E-state index is -0.679. The van der Waals surface area contributed by atoms with Gasteiger partial charge in [0.1, 0.15) is 6.04 Å². The van der Waals surface area contributed by atoms with Crippen LogP contribution in [0.4, 0.5) is 0 Å². The number of nitrogens with zero attached hydrogens (tertiary/aromatic N) is 1. The third-order valence-electron chi connectivity index (χ3n) is 3.93. The molecule has 1 aliphatic heterocycles. The Labute approximate surface area is 130 Å². The molecule has 2 amide bonds. The van der Waals surface area contributed by atoms with Gasteiger partial charge in [0.15, 0.2) is 0 Å². The van der Waals surface area contributed by atoms with E-state index in [1.54, 1.807) is 0 Å². The summed E-state index contributed by atoms with van der Waals surface area (Å²) in [5, 5.41) is 2.89. The number of hydrogen-bond donors (Lipinski definition) is 2. The van der Waals surface area contributed by atoms with Gasteiger partial charge in [-0.15, -0.1) is 12.4 Å². The Hall–Kier alpha value is -1.59. The number of amides is 2. The number of carbonyl (C=O) groups excluding carboxylic acids is 2. The lowest BCUT2D eigenvalue weighted by atomic mass is 10.1. The Morgan fingerprint density at radius 3 is 2.57 bits per heavy atom. The predicted molar refractivity (Wildman–Crippen MR) is 81.9 cm³/mol. The van der Waals surface area contributed by atoms with Gasteiger partial charge in [0, 0.05) is 19.0 Å². The molecule has 114 valence electrons. The van der Waals surface area contributed by atoms with E-state index in [0.29, 0.717) is 19.0 Å². The van der Waals surface area contributed by atoms with Gasteiger partial charge in [-0.3, -0.25) is 9.59 Å². The van der Waals surface area contributed by atoms with E-state index in [2.05, 4.69) is 5.32 Å². The molecule has 1 aromatic carbocycles. The maximum absolute atomic E-state index is 12.1. The molecule has 2 unspecified atom stereocenters. The highest BCUT2D eigenvalue weighted by atomic mass is 35.5. The third kappa shape index (κ3) is 3.54. The summed E-state index contributed by atoms with van der Waals surface area (Å²) < 4.78 is 0. The fourth-order valence-electron chi connectivity index (χ4n) is 2.67. The van der Waals surface area contributed by atoms with Gasteiger partial charge >= 0.3 is 0 Å². The zero-order chi connectivity index (χ0) is 14.1. The van der Waals surface area contributed by atoms with Crippen molar-refractivity contribution in [3.63, 3.8) is 0 Å². The largest absolute Gasteiger partial charge is 0.349 e. The maximum Gasteiger partial charge on any atom is 0.241 e. The van der Waals surface area contributed by atoms with E-state index in [4.69, 9.17) is 5.73 Å². The Bertz CT molecular complexity index is 519. The first-order chi connectivity index (χ1) is 9.65. The average molecular weight is 310 g/mol. The highest BCUT2D eigenvalue weighted by Crippen LogP contribution is 2.30. The van der Waals surface area contributed by atoms with Crippen LogP contribution in [-0.2, 0) is 9.59 Å². The summed E-state index contributed by atoms with van der Waals surface area (Å²) in [5.74, 6) is -0.0715. The molecule has 6 heteroatoms. The first-order valence-corrected chi connectivity index (χ1v) is 7.05. The van der Waals surface area contributed by atoms with Crippen molar-refractivity contribution in [3.05, 3.63) is 35.9 Å². The van der Waals surface area contributed by atoms with E-state index in [1.165, 1.54) is 0 Å². The first-order valence-electron chi connectivity index (χ1n) is 7.05. The van der Waals surface area contributed by atoms with Gasteiger partial charge < -0.3 is 16.0 Å². The quantitative estimate of drug-likeness (QED) is 0.871. The Morgan fingerprint density at radius 2 is 1.95 bits per heavy atom. The van der Waals surface area contributed by atoms with Crippen LogP contribution in [0.1, 0.15) is 30.9 Å². The lowest BCUT2D eigenvalue weighted by molar-refractivity contribution is -0.128. The number of rotatable bonds is 4. The molecule has 1 saturated heterocycles. The van der Waals surface area contributed by atoms with Gasteiger partial charge in [0.05, 0.1) is 6.04 Å². The number of carbonyl (C=O) groups is 2. The van der Waals surface area contributed by atoms with E-state index in [0.717, 1.165) is 18.4 Å². The van der Waals surface area contributed by atoms with E-state index in [1.807, 2.05) is 35.2 Å². The van der Waals surface area contributed by atoms with Crippen molar-refractivity contribution in [2.45, 2.75) is 37.4 Å². The van der Waals surface area contributed by atoms with E-state index < -0.39 is 6.04 Å². The second-order valence-corrected chi connectivity index (χ2v) is 5.58. The summed E-state index contributed by atoms with van der Waals surface area (Å²) in [6.45, 7) is 0.622. The normalized spacial score (nSPS) is 22.6. The van der Waals surface area contributed by atoms with Crippen LogP contribution in [-0.4, -0.2) is 35.3 Å². The average Bonchev–Trinajstić information content (AvgIpc) is 3.23. The molecule has 1 aromatic rings. The summed E-state index contributed by atoms with van der Waals surface area (Å²) in [6.07, 6.45) is 2.58. The Morgan fingerprint density at radius 1 is 1.29 bits per heavy atom. The monoisotopic (exact) mass is 309 g/mol. The summed E-state index contributed by atoms with van der Waals surface area (Å²) >= 11 is 0. The molecule has 5 nitrogen and oxygen atoms in total. The first kappa shape index (κ1) is 15.8. The second kappa shape index (κ2) is 6.45. The predicted octanol–water partition coefficient (Wildman–Crippen LogP) is 0.988. The van der Waals surface area contributed by atoms with Crippen molar-refractivity contribution in [1.82, 2.24) is 10.2 Å². The molecule has 1 aliphatic carbocycles. The van der Waals surface area contributed by atoms with E-state index >= 15 is 0 Å². The molecule has 2 fully saturated rings. The van der Waals surface area contributed by atoms with Crippen molar-refractivity contribution in [1.29, 1.82) is 0 Å². The van der Waals surface area contributed by atoms with Crippen molar-refractivity contribution in [2.75, 3.05) is 6.54 Å². The Balaban J connectivity index is 0.00000161. The lowest BCUT2D eigenvalue weighted by Gasteiger charge is -2.18. The number of nitrogens with one attached hydrogen (secondary N) is 1. The molecule has 2 atom stereocenters. The van der Waals surface area contributed by atoms with Crippen LogP contribution in [0.15, 0.2) is 30.3 Å². The van der Waals surface area contributed by atoms with Gasteiger partial charge in [-0.25, -0.2) is 0 Å². The summed E-state index contributed by atoms with van der Waals surface area (Å²) in [4.78, 5) is 25.9. The molecule has 3 rings (SSSR count). The number of nitrogens with two attached hydrogens (primary N) is 1. The van der Waals surface area contributed by atoms with Crippen molar-refractivity contribution in [2.24, 2.45) is 5.73 Å². The SMILES string of the molecule is Cl.NC(C(=O)NC1CC(=O)N(C2CC2)C1)c1ccccc1. The number of hydrogen-bond acceptors (Lipinski definition) is 3. The van der Waals surface area contributed by atoms with E-state index in [-0.39, 0.29) is 30.3 Å². The van der Waals surface area contributed by atoms with Crippen LogP contribution in [0, 0.1) is 0 Å². The molecule has 2 aliphatic rings. The van der Waals surface area contributed by atoms with Crippen LogP contribution in [0.25, 0.3) is 0 Å². The molecule has 0 radical (unpaired) electrons. The minimum absolute atomic E-state index is 0. The second-order valence-electron chi connectivity index (χ2n) is 5.58. The summed E-state index contributed by atoms with van der Waals surface area (Å²) in [7, 11) is 0. The lowest BCUT2D eigenvalue weighted by Crippen LogP contribution is -2.42. The number of likely N-dealkylation sites (tertiary alicyclic amines) is 1. The highest BCUT2D eigenvalue weighted by molar-refractivity contribution is 5.86. The molecule has 0 spiro atoms. The van der Waals surface area contributed by atoms with Gasteiger partial charge in [-0.05, 0) is 18.4 Å². The molecular weight excluding hydrogens is 290 g/mol. The van der Waals surface area contributed by atoms with Crippen LogP contribution < -0.4 is 11.1 Å². The summed E-state index contributed by atoms with van der Waals surface area (Å²) in [6, 6.07) is 8.89. The molecular formula is C15H20ClN3O2. The van der Waals surface area contributed by atoms with Gasteiger partial charge in [0.25, 0.3) is 0 Å². The zero-order valence-electron chi connectivity index (χ0n) is 11.7. The smallest absolute Gasteiger partial charge is 0.241 e. The van der Waals surface area contributed by atoms with Crippen molar-refractivity contribution < 1.29 is 9.59 Å². The standard InChI is InChI=1S/C15H19N3O2.ClH/c16-14(10-4-2-1-3-5-10)15(20)17-11-8-13(19)18(9-11)12-6-7-12;/h1-5,11-12,14H,6-9,16H2,(H,17,20);1H.